The summed E-state index contributed by atoms with van der Waals surface area (Å²) in [6, 6.07) is 71.6. The minimum atomic E-state index is 0.492. The van der Waals surface area contributed by atoms with Crippen LogP contribution in [-0.4, -0.2) is 15.0 Å². The van der Waals surface area contributed by atoms with Crippen LogP contribution in [0.3, 0.4) is 0 Å². The minimum absolute atomic E-state index is 0.492. The molecule has 0 aliphatic rings. The van der Waals surface area contributed by atoms with Crippen LogP contribution in [0.15, 0.2) is 205 Å². The molecule has 282 valence electrons. The highest BCUT2D eigenvalue weighted by Crippen LogP contribution is 2.45. The first-order valence-corrected chi connectivity index (χ1v) is 20.7. The molecule has 0 aliphatic carbocycles. The Bertz CT molecular complexity index is 3850. The summed E-state index contributed by atoms with van der Waals surface area (Å²) in [6.45, 7) is 0. The average molecular weight is 776 g/mol. The lowest BCUT2D eigenvalue weighted by atomic mass is 9.85. The van der Waals surface area contributed by atoms with Crippen LogP contribution < -0.4 is 0 Å². The maximum atomic E-state index is 6.28. The number of hydrogen-bond acceptors (Lipinski definition) is 4. The van der Waals surface area contributed by atoms with Crippen molar-refractivity contribution in [2.75, 3.05) is 0 Å². The third kappa shape index (κ3) is 5.29. The second-order valence-corrected chi connectivity index (χ2v) is 15.9. The second-order valence-electron chi connectivity index (χ2n) is 15.9. The maximum absolute atomic E-state index is 6.28. The maximum Gasteiger partial charge on any atom is 0.199 e. The third-order valence-corrected chi connectivity index (χ3v) is 12.4. The van der Waals surface area contributed by atoms with Crippen molar-refractivity contribution < 1.29 is 4.42 Å². The third-order valence-electron chi connectivity index (χ3n) is 12.4. The first-order chi connectivity index (χ1) is 30.2. The number of hydrogen-bond donors (Lipinski definition) is 0. The molecule has 0 amide bonds. The van der Waals surface area contributed by atoms with Crippen molar-refractivity contribution in [2.45, 2.75) is 0 Å². The van der Waals surface area contributed by atoms with Crippen molar-refractivity contribution in [1.29, 1.82) is 0 Å². The first-order valence-electron chi connectivity index (χ1n) is 20.7. The Labute approximate surface area is 350 Å². The van der Waals surface area contributed by atoms with E-state index in [1.807, 2.05) is 60.7 Å². The summed E-state index contributed by atoms with van der Waals surface area (Å²) >= 11 is 0. The lowest BCUT2D eigenvalue weighted by Gasteiger charge is -2.18. The van der Waals surface area contributed by atoms with Gasteiger partial charge in [-0.3, -0.25) is 0 Å². The van der Waals surface area contributed by atoms with E-state index in [-0.39, 0.29) is 0 Å². The number of fused-ring (bicyclic) bond motifs is 3. The average Bonchev–Trinajstić information content (AvgIpc) is 3.77. The molecular weight excluding hydrogens is 743 g/mol. The number of benzene rings is 10. The molecule has 0 radical (unpaired) electrons. The van der Waals surface area contributed by atoms with Gasteiger partial charge in [0.25, 0.3) is 0 Å². The largest absolute Gasteiger partial charge is 0.453 e. The highest BCUT2D eigenvalue weighted by molar-refractivity contribution is 6.37. The summed E-state index contributed by atoms with van der Waals surface area (Å²) in [5, 5.41) is 16.2. The quantitative estimate of drug-likeness (QED) is 0.163. The van der Waals surface area contributed by atoms with Gasteiger partial charge in [0.05, 0.1) is 0 Å². The van der Waals surface area contributed by atoms with Gasteiger partial charge in [0.1, 0.15) is 5.58 Å². The predicted octanol–water partition coefficient (Wildman–Crippen LogP) is 15.3. The van der Waals surface area contributed by atoms with Gasteiger partial charge in [0, 0.05) is 16.5 Å². The molecule has 4 nitrogen and oxygen atoms in total. The van der Waals surface area contributed by atoms with Crippen LogP contribution in [0.1, 0.15) is 0 Å². The molecule has 0 bridgehead atoms. The van der Waals surface area contributed by atoms with E-state index in [2.05, 4.69) is 140 Å². The molecular formula is C57H33N3O. The van der Waals surface area contributed by atoms with Crippen molar-refractivity contribution >= 4 is 75.6 Å². The molecule has 2 heterocycles. The van der Waals surface area contributed by atoms with E-state index in [9.17, 15) is 0 Å². The zero-order chi connectivity index (χ0) is 40.0. The van der Waals surface area contributed by atoms with Crippen LogP contribution in [0.25, 0.3) is 132 Å². The van der Waals surface area contributed by atoms with Gasteiger partial charge in [-0.25, -0.2) is 15.0 Å². The molecule has 13 rings (SSSR count). The molecule has 0 spiro atoms. The lowest BCUT2D eigenvalue weighted by molar-refractivity contribution is 0.625. The van der Waals surface area contributed by atoms with E-state index in [0.29, 0.717) is 23.2 Å². The molecule has 0 aliphatic heterocycles. The Hall–Kier alpha value is -8.21. The fourth-order valence-corrected chi connectivity index (χ4v) is 9.68. The molecule has 0 N–H and O–H groups in total. The Morgan fingerprint density at radius 2 is 0.770 bits per heavy atom. The number of aromatic nitrogens is 3. The fraction of sp³-hybridized carbons (Fsp3) is 0. The SMILES string of the molecule is c1ccc(-c2nc(-c3cccc(-c4ccccc4-c4cc5ccc6cccc7c8cccc9ccc%10cccc(c(c4)c5c67)c%10c98)c3)nc(-c3cc4ccccc4o3)n2)cc1. The van der Waals surface area contributed by atoms with Crippen molar-refractivity contribution in [3.63, 3.8) is 0 Å². The van der Waals surface area contributed by atoms with E-state index in [1.54, 1.807) is 0 Å². The molecule has 0 saturated heterocycles. The van der Waals surface area contributed by atoms with E-state index in [0.717, 1.165) is 44.3 Å². The Balaban J connectivity index is 1.03. The smallest absolute Gasteiger partial charge is 0.199 e. The molecule has 61 heavy (non-hydrogen) atoms. The van der Waals surface area contributed by atoms with Crippen LogP contribution >= 0.6 is 0 Å². The van der Waals surface area contributed by atoms with Gasteiger partial charge < -0.3 is 4.42 Å². The van der Waals surface area contributed by atoms with Crippen molar-refractivity contribution in [2.24, 2.45) is 0 Å². The van der Waals surface area contributed by atoms with Gasteiger partial charge in [-0.05, 0) is 117 Å². The summed E-state index contributed by atoms with van der Waals surface area (Å²) in [5.74, 6) is 2.27. The van der Waals surface area contributed by atoms with Crippen LogP contribution in [0.5, 0.6) is 0 Å². The summed E-state index contributed by atoms with van der Waals surface area (Å²) in [4.78, 5) is 15.0. The Kier molecular flexibility index (Phi) is 7.27. The zero-order valence-electron chi connectivity index (χ0n) is 32.8. The number of furan rings is 1. The molecule has 0 fully saturated rings. The van der Waals surface area contributed by atoms with E-state index in [4.69, 9.17) is 19.4 Å². The fourth-order valence-electron chi connectivity index (χ4n) is 9.68. The Morgan fingerprint density at radius 1 is 0.279 bits per heavy atom. The summed E-state index contributed by atoms with van der Waals surface area (Å²) in [5.41, 5.74) is 7.11. The van der Waals surface area contributed by atoms with Gasteiger partial charge >= 0.3 is 0 Å². The topological polar surface area (TPSA) is 51.8 Å². The first kappa shape index (κ1) is 33.7. The van der Waals surface area contributed by atoms with Crippen LogP contribution in [-0.2, 0) is 0 Å². The molecule has 13 aromatic rings. The zero-order valence-corrected chi connectivity index (χ0v) is 32.8. The van der Waals surface area contributed by atoms with Crippen LogP contribution in [0.2, 0.25) is 0 Å². The van der Waals surface area contributed by atoms with Crippen molar-refractivity contribution in [1.82, 2.24) is 15.0 Å². The van der Waals surface area contributed by atoms with Crippen LogP contribution in [0.4, 0.5) is 0 Å². The molecule has 0 saturated carbocycles. The Morgan fingerprint density at radius 3 is 1.46 bits per heavy atom. The van der Waals surface area contributed by atoms with E-state index >= 15 is 0 Å². The van der Waals surface area contributed by atoms with Crippen molar-refractivity contribution in [3.8, 4) is 56.6 Å². The summed E-state index contributed by atoms with van der Waals surface area (Å²) in [7, 11) is 0. The predicted molar refractivity (Wildman–Crippen MR) is 253 cm³/mol. The standard InChI is InChI=1S/C57H33N3O/c1-2-12-37(13-3-1)55-58-56(60-57(59-55)50-33-39-14-4-7-25-49(39)61-50)41-19-8-18-38(30-41)43-20-5-6-21-44(43)42-31-40-29-28-36-16-10-23-46-45-22-9-15-34-26-27-35-17-11-24-47(53(35)51(34)45)48(32-42)54(40)52(36)46/h1-33H. The number of nitrogens with zero attached hydrogens (tertiary/aromatic N) is 3. The van der Waals surface area contributed by atoms with Gasteiger partial charge in [-0.1, -0.05) is 170 Å². The van der Waals surface area contributed by atoms with E-state index in [1.165, 1.54) is 64.6 Å². The normalized spacial score (nSPS) is 11.9. The molecule has 2 aromatic heterocycles. The number of para-hydroxylation sites is 1. The van der Waals surface area contributed by atoms with E-state index < -0.39 is 0 Å². The molecule has 0 atom stereocenters. The molecule has 4 heteroatoms. The summed E-state index contributed by atoms with van der Waals surface area (Å²) in [6.07, 6.45) is 0. The molecule has 0 unspecified atom stereocenters. The van der Waals surface area contributed by atoms with Gasteiger partial charge in [-0.2, -0.15) is 0 Å². The second kappa shape index (κ2) is 13.2. The van der Waals surface area contributed by atoms with Crippen molar-refractivity contribution in [3.05, 3.63) is 200 Å². The van der Waals surface area contributed by atoms with Crippen LogP contribution in [0, 0.1) is 0 Å². The highest BCUT2D eigenvalue weighted by atomic mass is 16.3. The monoisotopic (exact) mass is 775 g/mol. The highest BCUT2D eigenvalue weighted by Gasteiger charge is 2.19. The molecule has 11 aromatic carbocycles. The minimum Gasteiger partial charge on any atom is -0.453 e. The van der Waals surface area contributed by atoms with Gasteiger partial charge in [0.15, 0.2) is 23.2 Å². The lowest BCUT2D eigenvalue weighted by Crippen LogP contribution is -1.99. The van der Waals surface area contributed by atoms with Gasteiger partial charge in [0.2, 0.25) is 0 Å². The number of rotatable bonds is 5. The summed E-state index contributed by atoms with van der Waals surface area (Å²) < 4.78 is 6.28. The van der Waals surface area contributed by atoms with Gasteiger partial charge in [-0.15, -0.1) is 0 Å².